The third-order valence-electron chi connectivity index (χ3n) is 4.76. The predicted molar refractivity (Wildman–Crippen MR) is 114 cm³/mol. The van der Waals surface area contributed by atoms with Crippen molar-refractivity contribution >= 4 is 52.3 Å². The van der Waals surface area contributed by atoms with Crippen LogP contribution < -0.4 is 5.32 Å². The maximum atomic E-state index is 12.7. The summed E-state index contributed by atoms with van der Waals surface area (Å²) in [6, 6.07) is 7.06. The molecule has 1 aliphatic heterocycles. The molecule has 1 heterocycles. The molecule has 0 atom stereocenters. The maximum absolute atomic E-state index is 12.7. The van der Waals surface area contributed by atoms with E-state index < -0.39 is 11.7 Å². The van der Waals surface area contributed by atoms with Gasteiger partial charge in [0.15, 0.2) is 0 Å². The molecule has 0 aromatic heterocycles. The van der Waals surface area contributed by atoms with Crippen molar-refractivity contribution in [3.63, 3.8) is 0 Å². The summed E-state index contributed by atoms with van der Waals surface area (Å²) in [5.74, 6) is -0.675. The molecule has 5 nitrogen and oxygen atoms in total. The molecule has 0 spiro atoms. The van der Waals surface area contributed by atoms with Crippen LogP contribution >= 0.6 is 34.8 Å². The van der Waals surface area contributed by atoms with Gasteiger partial charge in [-0.3, -0.25) is 14.5 Å². The largest absolute Gasteiger partial charge is 0.416 e. The van der Waals surface area contributed by atoms with E-state index in [4.69, 9.17) is 34.8 Å². The molecular weight excluding hydrogens is 478 g/mol. The van der Waals surface area contributed by atoms with Gasteiger partial charge >= 0.3 is 6.18 Å². The number of hydrogen-bond acceptors (Lipinski definition) is 3. The van der Waals surface area contributed by atoms with Gasteiger partial charge in [0.05, 0.1) is 27.8 Å². The summed E-state index contributed by atoms with van der Waals surface area (Å²) >= 11 is 18.0. The van der Waals surface area contributed by atoms with E-state index in [0.717, 1.165) is 12.1 Å². The molecule has 2 amide bonds. The molecule has 1 N–H and O–H groups in total. The van der Waals surface area contributed by atoms with E-state index >= 15 is 0 Å². The van der Waals surface area contributed by atoms with Crippen molar-refractivity contribution in [1.82, 2.24) is 9.80 Å². The first-order valence-electron chi connectivity index (χ1n) is 9.18. The summed E-state index contributed by atoms with van der Waals surface area (Å²) in [6.45, 7) is 1.62. The second-order valence-electron chi connectivity index (χ2n) is 6.94. The monoisotopic (exact) mass is 493 g/mol. The number of carbonyl (C=O) groups excluding carboxylic acids is 2. The molecule has 0 radical (unpaired) electrons. The average Bonchev–Trinajstić information content (AvgIpc) is 2.70. The number of piperazine rings is 1. The number of anilines is 1. The number of carbonyl (C=O) groups is 2. The van der Waals surface area contributed by atoms with E-state index in [2.05, 4.69) is 5.32 Å². The van der Waals surface area contributed by atoms with E-state index in [-0.39, 0.29) is 39.7 Å². The highest BCUT2D eigenvalue weighted by molar-refractivity contribution is 6.42. The molecule has 0 bridgehead atoms. The highest BCUT2D eigenvalue weighted by Crippen LogP contribution is 2.33. The summed E-state index contributed by atoms with van der Waals surface area (Å²) < 4.78 is 38.0. The van der Waals surface area contributed by atoms with Crippen LogP contribution in [0.4, 0.5) is 18.9 Å². The minimum absolute atomic E-state index is 0.0671. The number of rotatable bonds is 4. The second-order valence-corrected chi connectivity index (χ2v) is 8.19. The van der Waals surface area contributed by atoms with Gasteiger partial charge < -0.3 is 10.2 Å². The molecule has 0 aliphatic carbocycles. The molecule has 1 saturated heterocycles. The van der Waals surface area contributed by atoms with Gasteiger partial charge in [0.1, 0.15) is 0 Å². The first-order valence-corrected chi connectivity index (χ1v) is 10.3. The molecule has 2 aromatic carbocycles. The molecule has 0 unspecified atom stereocenters. The van der Waals surface area contributed by atoms with Crippen LogP contribution in [0.2, 0.25) is 15.1 Å². The lowest BCUT2D eigenvalue weighted by molar-refractivity contribution is -0.137. The topological polar surface area (TPSA) is 52.7 Å². The van der Waals surface area contributed by atoms with E-state index in [1.165, 1.54) is 24.3 Å². The van der Waals surface area contributed by atoms with Crippen molar-refractivity contribution in [3.8, 4) is 0 Å². The molecule has 2 aromatic rings. The first kappa shape index (κ1) is 23.7. The Kier molecular flexibility index (Phi) is 7.36. The van der Waals surface area contributed by atoms with Crippen molar-refractivity contribution in [2.45, 2.75) is 6.18 Å². The fourth-order valence-corrected chi connectivity index (χ4v) is 4.05. The van der Waals surface area contributed by atoms with Crippen LogP contribution in [-0.4, -0.2) is 54.3 Å². The van der Waals surface area contributed by atoms with Gasteiger partial charge in [-0.15, -0.1) is 0 Å². The summed E-state index contributed by atoms with van der Waals surface area (Å²) in [5, 5.41) is 3.44. The Balaban J connectivity index is 1.52. The van der Waals surface area contributed by atoms with Crippen LogP contribution in [0.3, 0.4) is 0 Å². The molecule has 1 fully saturated rings. The summed E-state index contributed by atoms with van der Waals surface area (Å²) in [4.78, 5) is 28.3. The lowest BCUT2D eigenvalue weighted by Crippen LogP contribution is -2.50. The Morgan fingerprint density at radius 3 is 2.00 bits per heavy atom. The summed E-state index contributed by atoms with van der Waals surface area (Å²) in [6.07, 6.45) is -4.45. The molecular formula is C20H17Cl3F3N3O2. The third-order valence-corrected chi connectivity index (χ3v) is 5.57. The smallest absolute Gasteiger partial charge is 0.336 e. The second kappa shape index (κ2) is 9.65. The Labute approximate surface area is 191 Å². The van der Waals surface area contributed by atoms with Gasteiger partial charge in [-0.25, -0.2) is 0 Å². The number of alkyl halides is 3. The predicted octanol–water partition coefficient (Wildman–Crippen LogP) is 5.06. The van der Waals surface area contributed by atoms with Crippen LogP contribution in [0.5, 0.6) is 0 Å². The van der Waals surface area contributed by atoms with Crippen LogP contribution in [0.15, 0.2) is 36.4 Å². The van der Waals surface area contributed by atoms with Gasteiger partial charge in [0.2, 0.25) is 5.91 Å². The number of amides is 2. The zero-order chi connectivity index (χ0) is 22.8. The lowest BCUT2D eigenvalue weighted by atomic mass is 10.1. The molecule has 166 valence electrons. The van der Waals surface area contributed by atoms with Crippen LogP contribution in [-0.2, 0) is 11.0 Å². The number of nitrogens with one attached hydrogen (secondary N) is 1. The Morgan fingerprint density at radius 2 is 1.48 bits per heavy atom. The normalized spacial score (nSPS) is 15.1. The zero-order valence-electron chi connectivity index (χ0n) is 16.0. The Morgan fingerprint density at radius 1 is 0.935 bits per heavy atom. The highest BCUT2D eigenvalue weighted by atomic mass is 35.5. The maximum Gasteiger partial charge on any atom is 0.416 e. The van der Waals surface area contributed by atoms with Gasteiger partial charge in [0, 0.05) is 36.8 Å². The Bertz CT molecular complexity index is 953. The van der Waals surface area contributed by atoms with Gasteiger partial charge in [-0.2, -0.15) is 13.2 Å². The van der Waals surface area contributed by atoms with Crippen molar-refractivity contribution in [2.24, 2.45) is 0 Å². The quantitative estimate of drug-likeness (QED) is 0.646. The van der Waals surface area contributed by atoms with Crippen molar-refractivity contribution in [3.05, 3.63) is 62.6 Å². The lowest BCUT2D eigenvalue weighted by Gasteiger charge is -2.34. The van der Waals surface area contributed by atoms with Crippen molar-refractivity contribution in [1.29, 1.82) is 0 Å². The first-order chi connectivity index (χ1) is 14.5. The number of benzene rings is 2. The molecule has 31 heavy (non-hydrogen) atoms. The third kappa shape index (κ3) is 6.04. The van der Waals surface area contributed by atoms with Gasteiger partial charge in [-0.1, -0.05) is 34.8 Å². The number of nitrogens with zero attached hydrogens (tertiary/aromatic N) is 2. The minimum atomic E-state index is -4.45. The van der Waals surface area contributed by atoms with Crippen LogP contribution in [0.25, 0.3) is 0 Å². The summed E-state index contributed by atoms with van der Waals surface area (Å²) in [5.41, 5.74) is -0.346. The van der Waals surface area contributed by atoms with Crippen LogP contribution in [0.1, 0.15) is 15.9 Å². The number of halogens is 6. The van der Waals surface area contributed by atoms with E-state index in [1.54, 1.807) is 4.90 Å². The minimum Gasteiger partial charge on any atom is -0.336 e. The van der Waals surface area contributed by atoms with E-state index in [1.807, 2.05) is 4.90 Å². The fourth-order valence-electron chi connectivity index (χ4n) is 3.14. The van der Waals surface area contributed by atoms with Gasteiger partial charge in [0.25, 0.3) is 5.91 Å². The average molecular weight is 495 g/mol. The van der Waals surface area contributed by atoms with E-state index in [9.17, 15) is 22.8 Å². The molecule has 1 aliphatic rings. The van der Waals surface area contributed by atoms with Crippen LogP contribution in [0, 0.1) is 0 Å². The summed E-state index contributed by atoms with van der Waals surface area (Å²) in [7, 11) is 0. The van der Waals surface area contributed by atoms with E-state index in [0.29, 0.717) is 31.2 Å². The number of hydrogen-bond donors (Lipinski definition) is 1. The van der Waals surface area contributed by atoms with Crippen molar-refractivity contribution in [2.75, 3.05) is 38.0 Å². The zero-order valence-corrected chi connectivity index (χ0v) is 18.2. The highest BCUT2D eigenvalue weighted by Gasteiger charge is 2.31. The fraction of sp³-hybridized carbons (Fsp3) is 0.300. The molecule has 11 heteroatoms. The Hall–Kier alpha value is -2.00. The SMILES string of the molecule is O=C(CN1CCN(C(=O)c2ccc(C(F)(F)F)cc2)CC1)Nc1c(Cl)cc(Cl)cc1Cl. The molecule has 3 rings (SSSR count). The standard InChI is InChI=1S/C20H17Cl3F3N3O2/c21-14-9-15(22)18(16(23)10-14)27-17(30)11-28-5-7-29(8-6-28)19(31)12-1-3-13(4-2-12)20(24,25)26/h1-4,9-10H,5-8,11H2,(H,27,30). The van der Waals surface area contributed by atoms with Gasteiger partial charge in [-0.05, 0) is 36.4 Å². The van der Waals surface area contributed by atoms with Crippen molar-refractivity contribution < 1.29 is 22.8 Å². The molecule has 0 saturated carbocycles.